The Hall–Kier alpha value is -0.960. The molecule has 1 aliphatic heterocycles. The Morgan fingerprint density at radius 1 is 1.29 bits per heavy atom. The second-order valence-corrected chi connectivity index (χ2v) is 4.17. The Morgan fingerprint density at radius 2 is 1.93 bits per heavy atom. The topological polar surface area (TPSA) is 15.6 Å². The minimum atomic E-state index is 0.258. The van der Waals surface area contributed by atoms with Gasteiger partial charge in [0.25, 0.3) is 0 Å². The highest BCUT2D eigenvalue weighted by Gasteiger charge is 2.20. The summed E-state index contributed by atoms with van der Waals surface area (Å²) in [5.41, 5.74) is 2.56. The summed E-state index contributed by atoms with van der Waals surface area (Å²) in [5, 5.41) is 0. The smallest absolute Gasteiger partial charge is 0.106 e. The van der Waals surface area contributed by atoms with Crippen molar-refractivity contribution < 1.29 is 0 Å². The van der Waals surface area contributed by atoms with Crippen molar-refractivity contribution in [1.82, 2.24) is 4.31 Å². The Kier molecular flexibility index (Phi) is 2.50. The molecule has 74 valence electrons. The highest BCUT2D eigenvalue weighted by atomic mass is 32.1. The van der Waals surface area contributed by atoms with Gasteiger partial charge in [-0.15, -0.1) is 0 Å². The van der Waals surface area contributed by atoms with Gasteiger partial charge in [-0.05, 0) is 19.4 Å². The van der Waals surface area contributed by atoms with Crippen molar-refractivity contribution in [3.63, 3.8) is 0 Å². The van der Waals surface area contributed by atoms with Crippen molar-refractivity contribution >= 4 is 18.7 Å². The van der Waals surface area contributed by atoms with Crippen LogP contribution in [0.5, 0.6) is 0 Å². The van der Waals surface area contributed by atoms with E-state index in [1.165, 1.54) is 11.1 Å². The molecule has 1 aliphatic rings. The molecule has 1 unspecified atom stereocenters. The molecular weight excluding hydrogens is 192 g/mol. The summed E-state index contributed by atoms with van der Waals surface area (Å²) in [6.45, 7) is 4.96. The van der Waals surface area contributed by atoms with Crippen molar-refractivity contribution in [1.29, 1.82) is 0 Å². The van der Waals surface area contributed by atoms with E-state index < -0.39 is 0 Å². The first kappa shape index (κ1) is 9.59. The maximum absolute atomic E-state index is 4.54. The molecule has 2 rings (SSSR count). The number of benzene rings is 1. The summed E-state index contributed by atoms with van der Waals surface area (Å²) in [7, 11) is 0. The molecule has 1 aromatic rings. The van der Waals surface area contributed by atoms with E-state index in [4.69, 9.17) is 0 Å². The van der Waals surface area contributed by atoms with Crippen LogP contribution in [0.15, 0.2) is 29.3 Å². The lowest BCUT2D eigenvalue weighted by atomic mass is 10.1. The van der Waals surface area contributed by atoms with E-state index in [1.54, 1.807) is 0 Å². The van der Waals surface area contributed by atoms with Crippen LogP contribution in [0.3, 0.4) is 0 Å². The zero-order valence-electron chi connectivity index (χ0n) is 8.44. The molecule has 0 aliphatic carbocycles. The summed E-state index contributed by atoms with van der Waals surface area (Å²) >= 11 is 4.32. The lowest BCUT2D eigenvalue weighted by Gasteiger charge is -2.10. The molecule has 1 heterocycles. The van der Waals surface area contributed by atoms with Crippen LogP contribution in [0.25, 0.3) is 0 Å². The van der Waals surface area contributed by atoms with Gasteiger partial charge in [0.05, 0.1) is 12.6 Å². The molecule has 1 atom stereocenters. The molecule has 0 aromatic heterocycles. The number of aryl methyl sites for hydroxylation is 1. The molecule has 14 heavy (non-hydrogen) atoms. The second kappa shape index (κ2) is 3.65. The molecule has 0 amide bonds. The lowest BCUT2D eigenvalue weighted by molar-refractivity contribution is 0.640. The number of amidine groups is 1. The van der Waals surface area contributed by atoms with Crippen molar-refractivity contribution in [2.24, 2.45) is 4.99 Å². The van der Waals surface area contributed by atoms with Gasteiger partial charge < -0.3 is 4.31 Å². The largest absolute Gasteiger partial charge is 0.305 e. The Balaban J connectivity index is 2.22. The average molecular weight is 206 g/mol. The van der Waals surface area contributed by atoms with E-state index in [9.17, 15) is 0 Å². The maximum atomic E-state index is 4.54. The Labute approximate surface area is 90.2 Å². The number of nitrogens with zero attached hydrogens (tertiary/aromatic N) is 2. The summed E-state index contributed by atoms with van der Waals surface area (Å²) in [5.74, 6) is 0.999. The predicted molar refractivity (Wildman–Crippen MR) is 62.7 cm³/mol. The summed E-state index contributed by atoms with van der Waals surface area (Å²) in [6, 6.07) is 8.80. The fraction of sp³-hybridized carbons (Fsp3) is 0.364. The Bertz CT molecular complexity index is 356. The van der Waals surface area contributed by atoms with Crippen LogP contribution in [0.2, 0.25) is 0 Å². The highest BCUT2D eigenvalue weighted by Crippen LogP contribution is 2.25. The van der Waals surface area contributed by atoms with E-state index in [1.807, 2.05) is 11.2 Å². The van der Waals surface area contributed by atoms with E-state index >= 15 is 0 Å². The fourth-order valence-corrected chi connectivity index (χ4v) is 1.80. The summed E-state index contributed by atoms with van der Waals surface area (Å²) in [4.78, 5) is 4.54. The molecule has 0 radical (unpaired) electrons. The van der Waals surface area contributed by atoms with Crippen LogP contribution in [0, 0.1) is 6.92 Å². The first-order valence-corrected chi connectivity index (χ1v) is 5.14. The first-order valence-electron chi connectivity index (χ1n) is 4.74. The molecule has 0 spiro atoms. The van der Waals surface area contributed by atoms with Crippen molar-refractivity contribution in [2.45, 2.75) is 19.9 Å². The molecular formula is C11H14N2S. The van der Waals surface area contributed by atoms with Crippen LogP contribution in [-0.4, -0.2) is 16.7 Å². The van der Waals surface area contributed by atoms with Gasteiger partial charge in [0.2, 0.25) is 0 Å². The molecule has 2 nitrogen and oxygen atoms in total. The highest BCUT2D eigenvalue weighted by molar-refractivity contribution is 7.78. The zero-order valence-corrected chi connectivity index (χ0v) is 9.33. The minimum absolute atomic E-state index is 0.258. The molecule has 1 aromatic carbocycles. The third-order valence-corrected chi connectivity index (χ3v) is 2.98. The van der Waals surface area contributed by atoms with Gasteiger partial charge in [-0.25, -0.2) is 0 Å². The molecule has 0 N–H and O–H groups in total. The lowest BCUT2D eigenvalue weighted by Crippen LogP contribution is -2.14. The second-order valence-electron chi connectivity index (χ2n) is 3.68. The van der Waals surface area contributed by atoms with Gasteiger partial charge in [-0.1, -0.05) is 42.6 Å². The molecule has 3 heteroatoms. The monoisotopic (exact) mass is 206 g/mol. The van der Waals surface area contributed by atoms with Crippen LogP contribution in [0.4, 0.5) is 0 Å². The molecule has 0 saturated heterocycles. The SMILES string of the molecule is CC1=NC(c2ccc(C)cc2)CN1S. The maximum Gasteiger partial charge on any atom is 0.106 e. The van der Waals surface area contributed by atoms with Gasteiger partial charge >= 0.3 is 0 Å². The number of rotatable bonds is 1. The zero-order chi connectivity index (χ0) is 10.1. The van der Waals surface area contributed by atoms with Crippen molar-refractivity contribution in [3.8, 4) is 0 Å². The van der Waals surface area contributed by atoms with E-state index in [-0.39, 0.29) is 6.04 Å². The molecule has 0 bridgehead atoms. The van der Waals surface area contributed by atoms with E-state index in [0.717, 1.165) is 12.4 Å². The molecule has 0 fully saturated rings. The Morgan fingerprint density at radius 3 is 2.43 bits per heavy atom. The van der Waals surface area contributed by atoms with Gasteiger partial charge in [0, 0.05) is 0 Å². The minimum Gasteiger partial charge on any atom is -0.305 e. The van der Waals surface area contributed by atoms with Gasteiger partial charge in [-0.2, -0.15) is 0 Å². The quantitative estimate of drug-likeness (QED) is 0.698. The number of hydrogen-bond acceptors (Lipinski definition) is 3. The van der Waals surface area contributed by atoms with Crippen LogP contribution >= 0.6 is 12.8 Å². The number of hydrogen-bond donors (Lipinski definition) is 1. The van der Waals surface area contributed by atoms with Crippen molar-refractivity contribution in [2.75, 3.05) is 6.54 Å². The standard InChI is InChI=1S/C11H14N2S/c1-8-3-5-10(6-4-8)11-7-13(14)9(2)12-11/h3-6,11,14H,7H2,1-2H3. The predicted octanol–water partition coefficient (Wildman–Crippen LogP) is 2.61. The number of aliphatic imine (C=N–C) groups is 1. The van der Waals surface area contributed by atoms with Crippen molar-refractivity contribution in [3.05, 3.63) is 35.4 Å². The van der Waals surface area contributed by atoms with Gasteiger partial charge in [-0.3, -0.25) is 4.99 Å². The third-order valence-electron chi connectivity index (χ3n) is 2.52. The fourth-order valence-electron chi connectivity index (χ4n) is 1.60. The van der Waals surface area contributed by atoms with Crippen LogP contribution < -0.4 is 0 Å². The summed E-state index contributed by atoms with van der Waals surface area (Å²) < 4.78 is 1.89. The van der Waals surface area contributed by atoms with Gasteiger partial charge in [0.1, 0.15) is 5.84 Å². The van der Waals surface area contributed by atoms with Gasteiger partial charge in [0.15, 0.2) is 0 Å². The van der Waals surface area contributed by atoms with E-state index in [2.05, 4.69) is 49.0 Å². The van der Waals surface area contributed by atoms with Crippen LogP contribution in [-0.2, 0) is 0 Å². The number of thiol groups is 1. The van der Waals surface area contributed by atoms with E-state index in [0.29, 0.717) is 0 Å². The normalized spacial score (nSPS) is 21.2. The third kappa shape index (κ3) is 1.77. The first-order chi connectivity index (χ1) is 6.66. The summed E-state index contributed by atoms with van der Waals surface area (Å²) in [6.07, 6.45) is 0. The molecule has 0 saturated carbocycles. The van der Waals surface area contributed by atoms with Crippen LogP contribution in [0.1, 0.15) is 24.1 Å². The average Bonchev–Trinajstić information content (AvgIpc) is 2.48.